The minimum atomic E-state index is -0.0577. The van der Waals surface area contributed by atoms with Gasteiger partial charge >= 0.3 is 0 Å². The molecular formula is C20H23NO4S. The van der Waals surface area contributed by atoms with E-state index in [1.165, 1.54) is 0 Å². The first-order valence-corrected chi connectivity index (χ1v) is 9.66. The Kier molecular flexibility index (Phi) is 5.93. The summed E-state index contributed by atoms with van der Waals surface area (Å²) < 4.78 is 16.7. The van der Waals surface area contributed by atoms with Gasteiger partial charge in [0.05, 0.1) is 13.2 Å². The van der Waals surface area contributed by atoms with Crippen molar-refractivity contribution >= 4 is 17.7 Å². The molecule has 1 fully saturated rings. The van der Waals surface area contributed by atoms with Crippen molar-refractivity contribution < 1.29 is 18.7 Å². The number of furan rings is 1. The number of amides is 1. The summed E-state index contributed by atoms with van der Waals surface area (Å²) >= 11 is 1.83. The van der Waals surface area contributed by atoms with Crippen molar-refractivity contribution in [3.05, 3.63) is 60.1 Å². The highest BCUT2D eigenvalue weighted by molar-refractivity contribution is 7.99. The Labute approximate surface area is 158 Å². The van der Waals surface area contributed by atoms with Crippen molar-refractivity contribution in [2.75, 3.05) is 31.8 Å². The number of ether oxygens (including phenoxy) is 2. The molecule has 138 valence electrons. The van der Waals surface area contributed by atoms with Gasteiger partial charge in [-0.05, 0) is 37.3 Å². The van der Waals surface area contributed by atoms with E-state index < -0.39 is 0 Å². The van der Waals surface area contributed by atoms with Crippen molar-refractivity contribution in [2.45, 2.75) is 13.0 Å². The number of methoxy groups -OCH3 is 1. The van der Waals surface area contributed by atoms with Crippen LogP contribution < -0.4 is 9.47 Å². The molecule has 0 saturated carbocycles. The van der Waals surface area contributed by atoms with Crippen LogP contribution in [0, 0.1) is 6.92 Å². The third-order valence-electron chi connectivity index (χ3n) is 4.25. The van der Waals surface area contributed by atoms with E-state index >= 15 is 0 Å². The molecule has 2 heterocycles. The molecule has 0 radical (unpaired) electrons. The summed E-state index contributed by atoms with van der Waals surface area (Å²) in [6.45, 7) is 6.62. The molecule has 1 aliphatic rings. The summed E-state index contributed by atoms with van der Waals surface area (Å²) in [6.07, 6.45) is 1.67. The number of thioether (sulfide) groups is 1. The minimum absolute atomic E-state index is 0.0297. The third-order valence-corrected chi connectivity index (χ3v) is 5.27. The Morgan fingerprint density at radius 1 is 1.38 bits per heavy atom. The molecule has 0 aliphatic carbocycles. The van der Waals surface area contributed by atoms with Crippen LogP contribution in [-0.2, 0) is 0 Å². The first kappa shape index (κ1) is 18.5. The SMILES string of the molecule is C=CCOc1ccc(C(=O)N2CCSC[C@H]2c2ccc(C)o2)cc1OC. The second kappa shape index (κ2) is 8.36. The highest BCUT2D eigenvalue weighted by Gasteiger charge is 2.31. The van der Waals surface area contributed by atoms with Crippen molar-refractivity contribution in [1.82, 2.24) is 4.90 Å². The average molecular weight is 373 g/mol. The molecule has 6 heteroatoms. The van der Waals surface area contributed by atoms with Crippen LogP contribution in [0.4, 0.5) is 0 Å². The monoisotopic (exact) mass is 373 g/mol. The lowest BCUT2D eigenvalue weighted by Gasteiger charge is -2.34. The number of aryl methyl sites for hydroxylation is 1. The second-order valence-corrected chi connectivity index (χ2v) is 7.15. The summed E-state index contributed by atoms with van der Waals surface area (Å²) in [5.41, 5.74) is 0.577. The molecule has 26 heavy (non-hydrogen) atoms. The Bertz CT molecular complexity index is 786. The van der Waals surface area contributed by atoms with E-state index in [-0.39, 0.29) is 11.9 Å². The van der Waals surface area contributed by atoms with E-state index in [9.17, 15) is 4.79 Å². The predicted octanol–water partition coefficient (Wildman–Crippen LogP) is 4.09. The van der Waals surface area contributed by atoms with Gasteiger partial charge in [0, 0.05) is 23.6 Å². The number of hydrogen-bond donors (Lipinski definition) is 0. The highest BCUT2D eigenvalue weighted by atomic mass is 32.2. The quantitative estimate of drug-likeness (QED) is 0.714. The number of carbonyl (C=O) groups excluding carboxylic acids is 1. The molecule has 1 saturated heterocycles. The molecule has 1 atom stereocenters. The van der Waals surface area contributed by atoms with E-state index in [1.54, 1.807) is 31.4 Å². The topological polar surface area (TPSA) is 51.9 Å². The van der Waals surface area contributed by atoms with Gasteiger partial charge in [0.2, 0.25) is 0 Å². The van der Waals surface area contributed by atoms with E-state index in [1.807, 2.05) is 35.7 Å². The van der Waals surface area contributed by atoms with Gasteiger partial charge in [-0.3, -0.25) is 4.79 Å². The van der Waals surface area contributed by atoms with Crippen LogP contribution in [0.15, 0.2) is 47.4 Å². The Balaban J connectivity index is 1.85. The van der Waals surface area contributed by atoms with Gasteiger partial charge < -0.3 is 18.8 Å². The Morgan fingerprint density at radius 3 is 2.92 bits per heavy atom. The summed E-state index contributed by atoms with van der Waals surface area (Å²) in [5, 5.41) is 0. The second-order valence-electron chi connectivity index (χ2n) is 6.00. The van der Waals surface area contributed by atoms with Crippen LogP contribution in [0.1, 0.15) is 27.9 Å². The van der Waals surface area contributed by atoms with Gasteiger partial charge in [-0.1, -0.05) is 12.7 Å². The normalized spacial score (nSPS) is 17.0. The first-order chi connectivity index (χ1) is 12.6. The zero-order valence-electron chi connectivity index (χ0n) is 15.1. The lowest BCUT2D eigenvalue weighted by molar-refractivity contribution is 0.0681. The largest absolute Gasteiger partial charge is 0.493 e. The van der Waals surface area contributed by atoms with Gasteiger partial charge in [-0.2, -0.15) is 11.8 Å². The maximum atomic E-state index is 13.1. The molecule has 1 aromatic heterocycles. The van der Waals surface area contributed by atoms with Crippen LogP contribution in [0.3, 0.4) is 0 Å². The molecule has 1 aromatic carbocycles. The number of hydrogen-bond acceptors (Lipinski definition) is 5. The van der Waals surface area contributed by atoms with E-state index in [4.69, 9.17) is 13.9 Å². The fourth-order valence-electron chi connectivity index (χ4n) is 2.95. The minimum Gasteiger partial charge on any atom is -0.493 e. The summed E-state index contributed by atoms with van der Waals surface area (Å²) in [7, 11) is 1.57. The standard InChI is InChI=1S/C20H23NO4S/c1-4-10-24-18-8-6-15(12-19(18)23-3)20(22)21-9-11-26-13-16(21)17-7-5-14(2)25-17/h4-8,12,16H,1,9-11,13H2,2-3H3/t16-/m0/s1. The van der Waals surface area contributed by atoms with Gasteiger partial charge in [-0.15, -0.1) is 0 Å². The molecule has 0 spiro atoms. The van der Waals surface area contributed by atoms with Crippen molar-refractivity contribution in [1.29, 1.82) is 0 Å². The average Bonchev–Trinajstić information content (AvgIpc) is 3.11. The Hall–Kier alpha value is -2.34. The molecule has 0 N–H and O–H groups in total. The van der Waals surface area contributed by atoms with E-state index in [2.05, 4.69) is 6.58 Å². The number of nitrogens with zero attached hydrogens (tertiary/aromatic N) is 1. The number of carbonyl (C=O) groups is 1. The zero-order chi connectivity index (χ0) is 18.5. The molecule has 1 amide bonds. The van der Waals surface area contributed by atoms with Crippen molar-refractivity contribution in [3.8, 4) is 11.5 Å². The fourth-order valence-corrected chi connectivity index (χ4v) is 4.01. The van der Waals surface area contributed by atoms with Gasteiger partial charge in [0.1, 0.15) is 18.1 Å². The summed E-state index contributed by atoms with van der Waals surface area (Å²) in [4.78, 5) is 15.0. The Morgan fingerprint density at radius 2 is 2.23 bits per heavy atom. The highest BCUT2D eigenvalue weighted by Crippen LogP contribution is 2.34. The lowest BCUT2D eigenvalue weighted by atomic mass is 10.1. The fraction of sp³-hybridized carbons (Fsp3) is 0.350. The van der Waals surface area contributed by atoms with Crippen molar-refractivity contribution in [3.63, 3.8) is 0 Å². The molecule has 0 unspecified atom stereocenters. The molecule has 3 rings (SSSR count). The van der Waals surface area contributed by atoms with E-state index in [0.717, 1.165) is 23.0 Å². The van der Waals surface area contributed by atoms with Crippen LogP contribution in [-0.4, -0.2) is 42.6 Å². The van der Waals surface area contributed by atoms with Crippen LogP contribution in [0.5, 0.6) is 11.5 Å². The third kappa shape index (κ3) is 3.90. The predicted molar refractivity (Wildman–Crippen MR) is 103 cm³/mol. The zero-order valence-corrected chi connectivity index (χ0v) is 15.9. The smallest absolute Gasteiger partial charge is 0.254 e. The maximum Gasteiger partial charge on any atom is 0.254 e. The van der Waals surface area contributed by atoms with Gasteiger partial charge in [0.25, 0.3) is 5.91 Å². The summed E-state index contributed by atoms with van der Waals surface area (Å²) in [5.74, 6) is 4.54. The number of benzene rings is 1. The first-order valence-electron chi connectivity index (χ1n) is 8.51. The van der Waals surface area contributed by atoms with Crippen LogP contribution in [0.25, 0.3) is 0 Å². The van der Waals surface area contributed by atoms with Gasteiger partial charge in [0.15, 0.2) is 11.5 Å². The summed E-state index contributed by atoms with van der Waals surface area (Å²) in [6, 6.07) is 9.10. The van der Waals surface area contributed by atoms with Crippen molar-refractivity contribution in [2.24, 2.45) is 0 Å². The van der Waals surface area contributed by atoms with Crippen LogP contribution in [0.2, 0.25) is 0 Å². The molecule has 5 nitrogen and oxygen atoms in total. The molecular weight excluding hydrogens is 350 g/mol. The van der Waals surface area contributed by atoms with Gasteiger partial charge in [-0.25, -0.2) is 0 Å². The lowest BCUT2D eigenvalue weighted by Crippen LogP contribution is -2.40. The maximum absolute atomic E-state index is 13.1. The molecule has 2 aromatic rings. The number of rotatable bonds is 6. The van der Waals surface area contributed by atoms with E-state index in [0.29, 0.717) is 30.2 Å². The van der Waals surface area contributed by atoms with Crippen LogP contribution >= 0.6 is 11.8 Å². The molecule has 0 bridgehead atoms. The molecule has 1 aliphatic heterocycles.